The summed E-state index contributed by atoms with van der Waals surface area (Å²) in [6.45, 7) is 8.83. The number of aryl methyl sites for hydroxylation is 1. The van der Waals surface area contributed by atoms with E-state index in [1.165, 1.54) is 6.42 Å². The molecule has 16 heavy (non-hydrogen) atoms. The Bertz CT molecular complexity index is 375. The van der Waals surface area contributed by atoms with E-state index in [2.05, 4.69) is 23.7 Å². The Morgan fingerprint density at radius 3 is 2.75 bits per heavy atom. The molecule has 0 aromatic carbocycles. The van der Waals surface area contributed by atoms with Gasteiger partial charge in [-0.1, -0.05) is 13.8 Å². The van der Waals surface area contributed by atoms with Crippen LogP contribution in [0.4, 0.5) is 11.5 Å². The summed E-state index contributed by atoms with van der Waals surface area (Å²) >= 11 is 0. The van der Waals surface area contributed by atoms with E-state index in [0.29, 0.717) is 0 Å². The summed E-state index contributed by atoms with van der Waals surface area (Å²) in [4.78, 5) is 6.82. The first kappa shape index (κ1) is 11.2. The van der Waals surface area contributed by atoms with Gasteiger partial charge in [0, 0.05) is 31.0 Å². The van der Waals surface area contributed by atoms with Gasteiger partial charge in [0.2, 0.25) is 0 Å². The average Bonchev–Trinajstić information content (AvgIpc) is 2.26. The number of hydrogen-bond acceptors (Lipinski definition) is 3. The second-order valence-corrected chi connectivity index (χ2v) is 5.09. The number of aromatic nitrogens is 1. The monoisotopic (exact) mass is 219 g/mol. The molecule has 3 nitrogen and oxygen atoms in total. The van der Waals surface area contributed by atoms with E-state index in [4.69, 9.17) is 5.73 Å². The lowest BCUT2D eigenvalue weighted by Gasteiger charge is -2.36. The van der Waals surface area contributed by atoms with Gasteiger partial charge >= 0.3 is 0 Å². The van der Waals surface area contributed by atoms with Crippen molar-refractivity contribution in [3.05, 3.63) is 17.8 Å². The molecule has 0 spiro atoms. The van der Waals surface area contributed by atoms with Crippen molar-refractivity contribution in [1.29, 1.82) is 0 Å². The SMILES string of the molecule is Cc1cnc(N2CCC(C)C(C)C2)cc1N. The summed E-state index contributed by atoms with van der Waals surface area (Å²) < 4.78 is 0. The maximum absolute atomic E-state index is 5.92. The number of hydrogen-bond donors (Lipinski definition) is 1. The number of nitrogens with two attached hydrogens (primary N) is 1. The van der Waals surface area contributed by atoms with Gasteiger partial charge in [0.05, 0.1) is 0 Å². The van der Waals surface area contributed by atoms with Crippen molar-refractivity contribution in [3.8, 4) is 0 Å². The molecule has 1 aliphatic rings. The van der Waals surface area contributed by atoms with E-state index in [0.717, 1.165) is 42.0 Å². The molecule has 1 aromatic heterocycles. The summed E-state index contributed by atoms with van der Waals surface area (Å²) in [6.07, 6.45) is 3.12. The number of anilines is 2. The summed E-state index contributed by atoms with van der Waals surface area (Å²) in [7, 11) is 0. The molecule has 2 N–H and O–H groups in total. The molecule has 2 unspecified atom stereocenters. The number of rotatable bonds is 1. The number of pyridine rings is 1. The third-order valence-corrected chi connectivity index (χ3v) is 3.79. The molecule has 2 rings (SSSR count). The molecule has 2 heterocycles. The molecule has 1 aromatic rings. The van der Waals surface area contributed by atoms with Crippen molar-refractivity contribution in [2.24, 2.45) is 11.8 Å². The predicted octanol–water partition coefficient (Wildman–Crippen LogP) is 2.45. The number of piperidine rings is 1. The van der Waals surface area contributed by atoms with Crippen LogP contribution in [0, 0.1) is 18.8 Å². The maximum Gasteiger partial charge on any atom is 0.130 e. The summed E-state index contributed by atoms with van der Waals surface area (Å²) in [5.74, 6) is 2.58. The number of nitrogens with zero attached hydrogens (tertiary/aromatic N) is 2. The quantitative estimate of drug-likeness (QED) is 0.789. The molecule has 0 amide bonds. The highest BCUT2D eigenvalue weighted by Crippen LogP contribution is 2.27. The van der Waals surface area contributed by atoms with Crippen molar-refractivity contribution < 1.29 is 0 Å². The molecule has 0 saturated carbocycles. The van der Waals surface area contributed by atoms with Gasteiger partial charge in [-0.2, -0.15) is 0 Å². The van der Waals surface area contributed by atoms with Gasteiger partial charge < -0.3 is 10.6 Å². The second-order valence-electron chi connectivity index (χ2n) is 5.09. The molecule has 1 fully saturated rings. The molecule has 88 valence electrons. The first-order valence-electron chi connectivity index (χ1n) is 6.05. The largest absolute Gasteiger partial charge is 0.398 e. The highest BCUT2D eigenvalue weighted by Gasteiger charge is 2.23. The Kier molecular flexibility index (Phi) is 3.03. The third kappa shape index (κ3) is 2.13. The van der Waals surface area contributed by atoms with Crippen LogP contribution in [-0.4, -0.2) is 18.1 Å². The maximum atomic E-state index is 5.92. The van der Waals surface area contributed by atoms with Crippen LogP contribution in [0.3, 0.4) is 0 Å². The van der Waals surface area contributed by atoms with E-state index < -0.39 is 0 Å². The first-order valence-corrected chi connectivity index (χ1v) is 6.05. The van der Waals surface area contributed by atoms with E-state index in [1.807, 2.05) is 19.2 Å². The summed E-state index contributed by atoms with van der Waals surface area (Å²) in [6, 6.07) is 2.00. The Hall–Kier alpha value is -1.25. The van der Waals surface area contributed by atoms with Gasteiger partial charge in [0.25, 0.3) is 0 Å². The zero-order chi connectivity index (χ0) is 11.7. The molecule has 1 saturated heterocycles. The molecule has 1 aliphatic heterocycles. The summed E-state index contributed by atoms with van der Waals surface area (Å²) in [5, 5.41) is 0. The zero-order valence-electron chi connectivity index (χ0n) is 10.4. The molecular formula is C13H21N3. The van der Waals surface area contributed by atoms with Gasteiger partial charge in [0.1, 0.15) is 5.82 Å². The van der Waals surface area contributed by atoms with Crippen molar-refractivity contribution in [2.45, 2.75) is 27.2 Å². The lowest BCUT2D eigenvalue weighted by Crippen LogP contribution is -2.38. The highest BCUT2D eigenvalue weighted by molar-refractivity contribution is 5.54. The lowest BCUT2D eigenvalue weighted by molar-refractivity contribution is 0.323. The van der Waals surface area contributed by atoms with Crippen molar-refractivity contribution in [1.82, 2.24) is 4.98 Å². The Labute approximate surface area is 97.7 Å². The fourth-order valence-corrected chi connectivity index (χ4v) is 2.17. The van der Waals surface area contributed by atoms with Crippen LogP contribution in [0.5, 0.6) is 0 Å². The zero-order valence-corrected chi connectivity index (χ0v) is 10.4. The topological polar surface area (TPSA) is 42.2 Å². The molecule has 3 heteroatoms. The van der Waals surface area contributed by atoms with E-state index >= 15 is 0 Å². The predicted molar refractivity (Wildman–Crippen MR) is 68.5 cm³/mol. The van der Waals surface area contributed by atoms with Crippen molar-refractivity contribution >= 4 is 11.5 Å². The highest BCUT2D eigenvalue weighted by atomic mass is 15.2. The van der Waals surface area contributed by atoms with Crippen LogP contribution in [0.1, 0.15) is 25.8 Å². The van der Waals surface area contributed by atoms with E-state index in [-0.39, 0.29) is 0 Å². The molecule has 0 aliphatic carbocycles. The van der Waals surface area contributed by atoms with Crippen LogP contribution in [-0.2, 0) is 0 Å². The standard InChI is InChI=1S/C13H21N3/c1-9-4-5-16(8-11(9)3)13-6-12(14)10(2)7-15-13/h6-7,9,11H,4-5,8H2,1-3H3,(H2,14,15). The van der Waals surface area contributed by atoms with Crippen LogP contribution < -0.4 is 10.6 Å². The third-order valence-electron chi connectivity index (χ3n) is 3.79. The fourth-order valence-electron chi connectivity index (χ4n) is 2.17. The van der Waals surface area contributed by atoms with Gasteiger partial charge in [-0.25, -0.2) is 4.98 Å². The average molecular weight is 219 g/mol. The minimum Gasteiger partial charge on any atom is -0.398 e. The van der Waals surface area contributed by atoms with Crippen LogP contribution in [0.2, 0.25) is 0 Å². The van der Waals surface area contributed by atoms with Crippen LogP contribution in [0.25, 0.3) is 0 Å². The Morgan fingerprint density at radius 2 is 2.12 bits per heavy atom. The number of nitrogen functional groups attached to an aromatic ring is 1. The summed E-state index contributed by atoms with van der Waals surface area (Å²) in [5.41, 5.74) is 7.82. The van der Waals surface area contributed by atoms with E-state index in [9.17, 15) is 0 Å². The van der Waals surface area contributed by atoms with Gasteiger partial charge in [-0.3, -0.25) is 0 Å². The fraction of sp³-hybridized carbons (Fsp3) is 0.615. The Morgan fingerprint density at radius 1 is 1.38 bits per heavy atom. The van der Waals surface area contributed by atoms with Crippen LogP contribution >= 0.6 is 0 Å². The Balaban J connectivity index is 2.15. The van der Waals surface area contributed by atoms with Crippen molar-refractivity contribution in [2.75, 3.05) is 23.7 Å². The van der Waals surface area contributed by atoms with Crippen molar-refractivity contribution in [3.63, 3.8) is 0 Å². The second kappa shape index (κ2) is 4.32. The van der Waals surface area contributed by atoms with Gasteiger partial charge in [-0.05, 0) is 30.7 Å². The molecule has 2 atom stereocenters. The first-order chi connectivity index (χ1) is 7.58. The van der Waals surface area contributed by atoms with Gasteiger partial charge in [-0.15, -0.1) is 0 Å². The molecule has 0 bridgehead atoms. The van der Waals surface area contributed by atoms with E-state index in [1.54, 1.807) is 0 Å². The lowest BCUT2D eigenvalue weighted by atomic mass is 9.89. The van der Waals surface area contributed by atoms with Crippen LogP contribution in [0.15, 0.2) is 12.3 Å². The minimum absolute atomic E-state index is 0.734. The minimum atomic E-state index is 0.734. The molecular weight excluding hydrogens is 198 g/mol. The molecule has 0 radical (unpaired) electrons. The van der Waals surface area contributed by atoms with Gasteiger partial charge in [0.15, 0.2) is 0 Å². The normalized spacial score (nSPS) is 25.8. The smallest absolute Gasteiger partial charge is 0.130 e.